The summed E-state index contributed by atoms with van der Waals surface area (Å²) >= 11 is 1.56. The van der Waals surface area contributed by atoms with Gasteiger partial charge in [0.15, 0.2) is 11.5 Å². The van der Waals surface area contributed by atoms with Crippen molar-refractivity contribution in [2.45, 2.75) is 24.8 Å². The van der Waals surface area contributed by atoms with E-state index in [9.17, 15) is 13.2 Å². The number of hydrogen-bond acceptors (Lipinski definition) is 6. The van der Waals surface area contributed by atoms with E-state index in [2.05, 4.69) is 6.58 Å². The van der Waals surface area contributed by atoms with Gasteiger partial charge in [-0.1, -0.05) is 35.9 Å². The van der Waals surface area contributed by atoms with E-state index in [0.29, 0.717) is 31.0 Å². The van der Waals surface area contributed by atoms with Gasteiger partial charge in [0.1, 0.15) is 0 Å². The summed E-state index contributed by atoms with van der Waals surface area (Å²) < 4.78 is 38.5. The average molecular weight is 529 g/mol. The molecule has 0 spiro atoms. The minimum absolute atomic E-state index is 0.0322. The summed E-state index contributed by atoms with van der Waals surface area (Å²) in [5.74, 6) is 0.975. The van der Waals surface area contributed by atoms with E-state index in [-0.39, 0.29) is 23.9 Å². The van der Waals surface area contributed by atoms with E-state index in [1.54, 1.807) is 54.7 Å². The highest BCUT2D eigenvalue weighted by Crippen LogP contribution is 2.28. The van der Waals surface area contributed by atoms with Crippen LogP contribution in [-0.2, 0) is 27.8 Å². The highest BCUT2D eigenvalue weighted by molar-refractivity contribution is 7.89. The van der Waals surface area contributed by atoms with Crippen molar-refractivity contribution in [2.24, 2.45) is 0 Å². The number of aryl methyl sites for hydroxylation is 1. The second-order valence-electron chi connectivity index (χ2n) is 8.23. The molecule has 192 valence electrons. The standard InChI is InChI=1S/C27H32N2O5S2/c1-5-15-29(36(31,32)24-11-8-21(2)9-12-24)20-27(30)28(19-23-7-6-17-35-23)16-14-22-10-13-25(33-3)26(18-22)34-4/h5-13,17-18H,1,14-16,19-20H2,2-4H3. The molecule has 0 aliphatic heterocycles. The number of nitrogens with zero attached hydrogens (tertiary/aromatic N) is 2. The van der Waals surface area contributed by atoms with E-state index < -0.39 is 10.0 Å². The Morgan fingerprint density at radius 1 is 1.06 bits per heavy atom. The maximum Gasteiger partial charge on any atom is 0.243 e. The Bertz CT molecular complexity index is 1260. The van der Waals surface area contributed by atoms with Gasteiger partial charge in [0, 0.05) is 18.0 Å². The van der Waals surface area contributed by atoms with Crippen molar-refractivity contribution in [1.29, 1.82) is 0 Å². The molecule has 0 bridgehead atoms. The fraction of sp³-hybridized carbons (Fsp3) is 0.296. The zero-order chi connectivity index (χ0) is 26.1. The number of rotatable bonds is 13. The number of sulfonamides is 1. The largest absolute Gasteiger partial charge is 0.493 e. The molecule has 0 saturated carbocycles. The first-order chi connectivity index (χ1) is 17.3. The van der Waals surface area contributed by atoms with Gasteiger partial charge < -0.3 is 14.4 Å². The molecule has 0 unspecified atom stereocenters. The maximum atomic E-state index is 13.5. The highest BCUT2D eigenvalue weighted by Gasteiger charge is 2.28. The van der Waals surface area contributed by atoms with Crippen molar-refractivity contribution >= 4 is 27.3 Å². The molecule has 0 aliphatic carbocycles. The van der Waals surface area contributed by atoms with Crippen LogP contribution in [0.1, 0.15) is 16.0 Å². The molecule has 0 fully saturated rings. The van der Waals surface area contributed by atoms with Crippen LogP contribution in [0.3, 0.4) is 0 Å². The molecule has 9 heteroatoms. The monoisotopic (exact) mass is 528 g/mol. The molecule has 3 rings (SSSR count). The molecule has 1 aromatic heterocycles. The average Bonchev–Trinajstić information content (AvgIpc) is 3.39. The summed E-state index contributed by atoms with van der Waals surface area (Å²) in [5.41, 5.74) is 1.93. The summed E-state index contributed by atoms with van der Waals surface area (Å²) in [6.07, 6.45) is 2.07. The molecular formula is C27H32N2O5S2. The second kappa shape index (κ2) is 12.7. The van der Waals surface area contributed by atoms with Gasteiger partial charge in [-0.05, 0) is 54.6 Å². The predicted molar refractivity (Wildman–Crippen MR) is 143 cm³/mol. The van der Waals surface area contributed by atoms with Gasteiger partial charge in [-0.3, -0.25) is 4.79 Å². The second-order valence-corrected chi connectivity index (χ2v) is 11.2. The van der Waals surface area contributed by atoms with Gasteiger partial charge in [0.2, 0.25) is 15.9 Å². The third-order valence-electron chi connectivity index (χ3n) is 5.70. The first kappa shape index (κ1) is 27.4. The summed E-state index contributed by atoms with van der Waals surface area (Å²) in [7, 11) is -0.705. The Labute approximate surface area is 217 Å². The molecule has 0 atom stereocenters. The van der Waals surface area contributed by atoms with Gasteiger partial charge in [0.25, 0.3) is 0 Å². The lowest BCUT2D eigenvalue weighted by Crippen LogP contribution is -2.43. The van der Waals surface area contributed by atoms with Crippen LogP contribution >= 0.6 is 11.3 Å². The van der Waals surface area contributed by atoms with Crippen molar-refractivity contribution in [2.75, 3.05) is 33.9 Å². The zero-order valence-electron chi connectivity index (χ0n) is 20.8. The van der Waals surface area contributed by atoms with Crippen LogP contribution in [0.15, 0.2) is 77.5 Å². The van der Waals surface area contributed by atoms with Crippen LogP contribution in [0.25, 0.3) is 0 Å². The molecule has 7 nitrogen and oxygen atoms in total. The Balaban J connectivity index is 1.81. The molecule has 1 amide bonds. The molecule has 0 radical (unpaired) electrons. The maximum absolute atomic E-state index is 13.5. The van der Waals surface area contributed by atoms with Crippen molar-refractivity contribution in [3.8, 4) is 11.5 Å². The van der Waals surface area contributed by atoms with Gasteiger partial charge in [-0.25, -0.2) is 8.42 Å². The van der Waals surface area contributed by atoms with Gasteiger partial charge in [0.05, 0.1) is 32.2 Å². The van der Waals surface area contributed by atoms with Crippen LogP contribution in [0, 0.1) is 6.92 Å². The first-order valence-electron chi connectivity index (χ1n) is 11.5. The lowest BCUT2D eigenvalue weighted by molar-refractivity contribution is -0.131. The summed E-state index contributed by atoms with van der Waals surface area (Å²) in [6, 6.07) is 16.2. The number of methoxy groups -OCH3 is 2. The molecule has 1 heterocycles. The van der Waals surface area contributed by atoms with Crippen LogP contribution in [0.5, 0.6) is 11.5 Å². The number of ether oxygens (including phenoxy) is 2. The van der Waals surface area contributed by atoms with Crippen LogP contribution < -0.4 is 9.47 Å². The lowest BCUT2D eigenvalue weighted by atomic mass is 10.1. The Morgan fingerprint density at radius 2 is 1.78 bits per heavy atom. The third kappa shape index (κ3) is 6.96. The minimum atomic E-state index is -3.87. The molecule has 36 heavy (non-hydrogen) atoms. The fourth-order valence-corrected chi connectivity index (χ4v) is 5.76. The number of amides is 1. The minimum Gasteiger partial charge on any atom is -0.493 e. The normalized spacial score (nSPS) is 11.3. The number of carbonyl (C=O) groups excluding carboxylic acids is 1. The molecule has 2 aromatic carbocycles. The molecule has 0 aliphatic rings. The smallest absolute Gasteiger partial charge is 0.243 e. The number of carbonyl (C=O) groups is 1. The third-order valence-corrected chi connectivity index (χ3v) is 8.39. The summed E-state index contributed by atoms with van der Waals surface area (Å²) in [6.45, 7) is 6.15. The van der Waals surface area contributed by atoms with E-state index in [1.165, 1.54) is 10.4 Å². The van der Waals surface area contributed by atoms with E-state index in [4.69, 9.17) is 9.47 Å². The number of benzene rings is 2. The predicted octanol–water partition coefficient (Wildman–Crippen LogP) is 4.52. The van der Waals surface area contributed by atoms with Gasteiger partial charge in [-0.2, -0.15) is 4.31 Å². The number of hydrogen-bond donors (Lipinski definition) is 0. The quantitative estimate of drug-likeness (QED) is 0.305. The fourth-order valence-electron chi connectivity index (χ4n) is 3.68. The summed E-state index contributed by atoms with van der Waals surface area (Å²) in [4.78, 5) is 16.3. The lowest BCUT2D eigenvalue weighted by Gasteiger charge is -2.27. The van der Waals surface area contributed by atoms with Gasteiger partial charge >= 0.3 is 0 Å². The SMILES string of the molecule is C=CCN(CC(=O)N(CCc1ccc(OC)c(OC)c1)Cc1cccs1)S(=O)(=O)c1ccc(C)cc1. The molecular weight excluding hydrogens is 496 g/mol. The topological polar surface area (TPSA) is 76.2 Å². The molecule has 0 N–H and O–H groups in total. The first-order valence-corrected chi connectivity index (χ1v) is 13.8. The van der Waals surface area contributed by atoms with E-state index in [1.807, 2.05) is 42.6 Å². The highest BCUT2D eigenvalue weighted by atomic mass is 32.2. The van der Waals surface area contributed by atoms with E-state index in [0.717, 1.165) is 16.0 Å². The van der Waals surface area contributed by atoms with Crippen molar-refractivity contribution in [1.82, 2.24) is 9.21 Å². The van der Waals surface area contributed by atoms with Gasteiger partial charge in [-0.15, -0.1) is 17.9 Å². The summed E-state index contributed by atoms with van der Waals surface area (Å²) in [5, 5.41) is 1.96. The van der Waals surface area contributed by atoms with Crippen LogP contribution in [-0.4, -0.2) is 57.4 Å². The van der Waals surface area contributed by atoms with Crippen LogP contribution in [0.4, 0.5) is 0 Å². The Hall–Kier alpha value is -3.14. The Morgan fingerprint density at radius 3 is 2.39 bits per heavy atom. The van der Waals surface area contributed by atoms with Crippen molar-refractivity contribution < 1.29 is 22.7 Å². The van der Waals surface area contributed by atoms with Crippen LogP contribution in [0.2, 0.25) is 0 Å². The van der Waals surface area contributed by atoms with E-state index >= 15 is 0 Å². The van der Waals surface area contributed by atoms with Crippen molar-refractivity contribution in [3.05, 3.63) is 88.6 Å². The van der Waals surface area contributed by atoms with Crippen molar-refractivity contribution in [3.63, 3.8) is 0 Å². The molecule has 0 saturated heterocycles. The Kier molecular flexibility index (Phi) is 9.69. The zero-order valence-corrected chi connectivity index (χ0v) is 22.5. The number of thiophene rings is 1. The molecule has 3 aromatic rings.